The van der Waals surface area contributed by atoms with Crippen LogP contribution in [-0.2, 0) is 14.4 Å². The number of carbonyl (C=O) groups is 3. The second kappa shape index (κ2) is 13.0. The first kappa shape index (κ1) is 28.0. The van der Waals surface area contributed by atoms with E-state index >= 15 is 0 Å². The Balaban J connectivity index is 2.05. The van der Waals surface area contributed by atoms with Crippen LogP contribution in [0.5, 0.6) is 0 Å². The lowest BCUT2D eigenvalue weighted by Gasteiger charge is -2.23. The second-order valence-corrected chi connectivity index (χ2v) is 9.26. The summed E-state index contributed by atoms with van der Waals surface area (Å²) in [6.07, 6.45) is 2.20. The van der Waals surface area contributed by atoms with E-state index in [1.807, 2.05) is 13.8 Å². The zero-order valence-corrected chi connectivity index (χ0v) is 20.9. The third kappa shape index (κ3) is 8.48. The molecule has 0 bridgehead atoms. The molecule has 0 unspecified atom stereocenters. The van der Waals surface area contributed by atoms with Crippen molar-refractivity contribution < 1.29 is 18.8 Å². The van der Waals surface area contributed by atoms with E-state index in [9.17, 15) is 19.2 Å². The minimum Gasteiger partial charge on any atom is -0.423 e. The number of hydrogen-bond acceptors (Lipinski definition) is 7. The summed E-state index contributed by atoms with van der Waals surface area (Å²) >= 11 is 0. The van der Waals surface area contributed by atoms with Crippen LogP contribution < -0.4 is 33.0 Å². The quantitative estimate of drug-likeness (QED) is 0.223. The monoisotopic (exact) mass is 487 g/mol. The molecule has 10 heteroatoms. The number of anilines is 1. The molecule has 10 nitrogen and oxygen atoms in total. The summed E-state index contributed by atoms with van der Waals surface area (Å²) < 4.78 is 5.21. The van der Waals surface area contributed by atoms with Crippen LogP contribution in [0.4, 0.5) is 5.69 Å². The standard InChI is InChI=1S/C25H37N5O5/c1-14(2)11-19(27)24(33)30-20(7-5-6-10-26)25(34)28-16(4)23(32)29-17-8-9-18-15(3)12-22(31)35-21(18)13-17/h8-9,12-14,16,19-20H,5-7,10-11,26-27H2,1-4H3,(H,28,34)(H,29,32)(H,30,33)/t16-,19-,20-/m0/s1. The number of nitrogens with one attached hydrogen (secondary N) is 3. The molecule has 0 spiro atoms. The van der Waals surface area contributed by atoms with Crippen LogP contribution in [0, 0.1) is 12.8 Å². The highest BCUT2D eigenvalue weighted by atomic mass is 16.4. The van der Waals surface area contributed by atoms with E-state index in [4.69, 9.17) is 15.9 Å². The first-order chi connectivity index (χ1) is 16.5. The zero-order chi connectivity index (χ0) is 26.1. The second-order valence-electron chi connectivity index (χ2n) is 9.26. The van der Waals surface area contributed by atoms with Gasteiger partial charge in [-0.25, -0.2) is 4.79 Å². The summed E-state index contributed by atoms with van der Waals surface area (Å²) in [5.41, 5.74) is 12.6. The van der Waals surface area contributed by atoms with Crippen LogP contribution in [-0.4, -0.2) is 42.4 Å². The van der Waals surface area contributed by atoms with Gasteiger partial charge in [0.15, 0.2) is 0 Å². The van der Waals surface area contributed by atoms with Gasteiger partial charge in [0.2, 0.25) is 17.7 Å². The highest BCUT2D eigenvalue weighted by Crippen LogP contribution is 2.20. The van der Waals surface area contributed by atoms with Crippen molar-refractivity contribution >= 4 is 34.4 Å². The van der Waals surface area contributed by atoms with Crippen molar-refractivity contribution in [2.45, 2.75) is 71.5 Å². The third-order valence-electron chi connectivity index (χ3n) is 5.61. The Morgan fingerprint density at radius 1 is 1.00 bits per heavy atom. The van der Waals surface area contributed by atoms with Gasteiger partial charge < -0.3 is 31.8 Å². The Hall–Kier alpha value is -3.24. The van der Waals surface area contributed by atoms with Gasteiger partial charge in [-0.1, -0.05) is 13.8 Å². The highest BCUT2D eigenvalue weighted by molar-refractivity contribution is 5.99. The molecule has 0 fully saturated rings. The van der Waals surface area contributed by atoms with Crippen LogP contribution in [0.15, 0.2) is 33.5 Å². The van der Waals surface area contributed by atoms with E-state index < -0.39 is 41.5 Å². The molecule has 3 amide bonds. The number of fused-ring (bicyclic) bond motifs is 1. The molecule has 0 radical (unpaired) electrons. The Labute approximate surface area is 205 Å². The van der Waals surface area contributed by atoms with Gasteiger partial charge in [-0.05, 0) is 69.7 Å². The van der Waals surface area contributed by atoms with Gasteiger partial charge >= 0.3 is 5.63 Å². The average molecular weight is 488 g/mol. The van der Waals surface area contributed by atoms with E-state index in [2.05, 4.69) is 16.0 Å². The fourth-order valence-electron chi connectivity index (χ4n) is 3.69. The van der Waals surface area contributed by atoms with Gasteiger partial charge in [0.05, 0.1) is 6.04 Å². The van der Waals surface area contributed by atoms with Crippen LogP contribution in [0.2, 0.25) is 0 Å². The minimum absolute atomic E-state index is 0.232. The van der Waals surface area contributed by atoms with Crippen LogP contribution >= 0.6 is 0 Å². The lowest BCUT2D eigenvalue weighted by atomic mass is 10.0. The Kier molecular flexibility index (Phi) is 10.4. The molecule has 2 rings (SSSR count). The summed E-state index contributed by atoms with van der Waals surface area (Å²) in [5, 5.41) is 8.84. The van der Waals surface area contributed by atoms with Crippen molar-refractivity contribution in [1.29, 1.82) is 0 Å². The summed E-state index contributed by atoms with van der Waals surface area (Å²) in [7, 11) is 0. The number of benzene rings is 1. The topological polar surface area (TPSA) is 170 Å². The first-order valence-electron chi connectivity index (χ1n) is 11.9. The molecule has 0 saturated carbocycles. The number of nitrogens with two attached hydrogens (primary N) is 2. The number of hydrogen-bond donors (Lipinski definition) is 5. The molecule has 0 aliphatic heterocycles. The van der Waals surface area contributed by atoms with Crippen molar-refractivity contribution in [3.05, 3.63) is 40.2 Å². The van der Waals surface area contributed by atoms with E-state index in [0.29, 0.717) is 43.5 Å². The van der Waals surface area contributed by atoms with Crippen LogP contribution in [0.3, 0.4) is 0 Å². The summed E-state index contributed by atoms with van der Waals surface area (Å²) in [4.78, 5) is 49.8. The zero-order valence-electron chi connectivity index (χ0n) is 20.9. The van der Waals surface area contributed by atoms with Crippen molar-refractivity contribution in [1.82, 2.24) is 10.6 Å². The van der Waals surface area contributed by atoms with Crippen LogP contribution in [0.1, 0.15) is 52.0 Å². The molecule has 1 heterocycles. The molecule has 7 N–H and O–H groups in total. The molecular formula is C25H37N5O5. The van der Waals surface area contributed by atoms with Crippen molar-refractivity contribution in [2.24, 2.45) is 17.4 Å². The molecule has 192 valence electrons. The Bertz CT molecular complexity index is 1100. The van der Waals surface area contributed by atoms with Gasteiger partial charge in [-0.15, -0.1) is 0 Å². The predicted octanol–water partition coefficient (Wildman–Crippen LogP) is 1.53. The number of amides is 3. The first-order valence-corrected chi connectivity index (χ1v) is 11.9. The lowest BCUT2D eigenvalue weighted by Crippen LogP contribution is -2.54. The minimum atomic E-state index is -0.888. The van der Waals surface area contributed by atoms with Gasteiger partial charge in [0.1, 0.15) is 17.7 Å². The van der Waals surface area contributed by atoms with Crippen molar-refractivity contribution in [3.8, 4) is 0 Å². The lowest BCUT2D eigenvalue weighted by molar-refractivity contribution is -0.131. The third-order valence-corrected chi connectivity index (χ3v) is 5.61. The molecule has 3 atom stereocenters. The van der Waals surface area contributed by atoms with Crippen molar-refractivity contribution in [3.63, 3.8) is 0 Å². The van der Waals surface area contributed by atoms with Crippen molar-refractivity contribution in [2.75, 3.05) is 11.9 Å². The Morgan fingerprint density at radius 3 is 2.37 bits per heavy atom. The van der Waals surface area contributed by atoms with Gasteiger partial charge in [-0.2, -0.15) is 0 Å². The fourth-order valence-corrected chi connectivity index (χ4v) is 3.69. The maximum Gasteiger partial charge on any atom is 0.336 e. The molecule has 1 aromatic carbocycles. The highest BCUT2D eigenvalue weighted by Gasteiger charge is 2.26. The van der Waals surface area contributed by atoms with E-state index in [0.717, 1.165) is 10.9 Å². The SMILES string of the molecule is Cc1cc(=O)oc2cc(NC(=O)[C@H](C)NC(=O)[C@H](CCCCN)NC(=O)[C@@H](N)CC(C)C)ccc12. The maximum atomic E-state index is 12.9. The van der Waals surface area contributed by atoms with Gasteiger partial charge in [-0.3, -0.25) is 14.4 Å². The predicted molar refractivity (Wildman–Crippen MR) is 136 cm³/mol. The number of unbranched alkanes of at least 4 members (excludes halogenated alkanes) is 1. The molecule has 0 aliphatic rings. The summed E-state index contributed by atoms with van der Waals surface area (Å²) in [6, 6.07) is 3.95. The molecule has 0 aliphatic carbocycles. The number of rotatable bonds is 12. The molecular weight excluding hydrogens is 450 g/mol. The molecule has 35 heavy (non-hydrogen) atoms. The van der Waals surface area contributed by atoms with E-state index in [1.165, 1.54) is 6.07 Å². The number of carbonyl (C=O) groups excluding carboxylic acids is 3. The summed E-state index contributed by atoms with van der Waals surface area (Å²) in [6.45, 7) is 7.74. The number of aryl methyl sites for hydroxylation is 1. The molecule has 0 saturated heterocycles. The normalized spacial score (nSPS) is 13.8. The van der Waals surface area contributed by atoms with Crippen LogP contribution in [0.25, 0.3) is 11.0 Å². The van der Waals surface area contributed by atoms with Gasteiger partial charge in [0, 0.05) is 23.2 Å². The fraction of sp³-hybridized carbons (Fsp3) is 0.520. The van der Waals surface area contributed by atoms with E-state index in [-0.39, 0.29) is 5.92 Å². The molecule has 1 aromatic heterocycles. The van der Waals surface area contributed by atoms with Gasteiger partial charge in [0.25, 0.3) is 0 Å². The Morgan fingerprint density at radius 2 is 1.71 bits per heavy atom. The maximum absolute atomic E-state index is 12.9. The largest absolute Gasteiger partial charge is 0.423 e. The summed E-state index contributed by atoms with van der Waals surface area (Å²) in [5.74, 6) is -1.11. The smallest absolute Gasteiger partial charge is 0.336 e. The molecule has 2 aromatic rings. The average Bonchev–Trinajstić information content (AvgIpc) is 2.77. The van der Waals surface area contributed by atoms with E-state index in [1.54, 1.807) is 32.0 Å².